The van der Waals surface area contributed by atoms with Crippen molar-refractivity contribution in [1.82, 2.24) is 0 Å². The fourth-order valence-electron chi connectivity index (χ4n) is 3.18. The van der Waals surface area contributed by atoms with E-state index in [1.807, 2.05) is 45.9 Å². The summed E-state index contributed by atoms with van der Waals surface area (Å²) in [6, 6.07) is 11.2. The zero-order valence-electron chi connectivity index (χ0n) is 18.8. The highest BCUT2D eigenvalue weighted by Crippen LogP contribution is 2.34. The Morgan fingerprint density at radius 2 is 1.52 bits per heavy atom. The number of nitrogens with two attached hydrogens (primary N) is 1. The average Bonchev–Trinajstić information content (AvgIpc) is 2.71. The summed E-state index contributed by atoms with van der Waals surface area (Å²) in [4.78, 5) is 26.3. The van der Waals surface area contributed by atoms with Gasteiger partial charge in [-0.1, -0.05) is 45.9 Å². The molecule has 0 fully saturated rings. The quantitative estimate of drug-likeness (QED) is 0.473. The van der Waals surface area contributed by atoms with E-state index >= 15 is 0 Å². The third-order valence-corrected chi connectivity index (χ3v) is 4.86. The smallest absolute Gasteiger partial charge is 0.508 e. The number of hydrogen-bond acceptors (Lipinski definition) is 6. The van der Waals surface area contributed by atoms with Crippen molar-refractivity contribution >= 4 is 17.7 Å². The topological polar surface area (TPSA) is 102 Å². The number of hydrogen-bond donors (Lipinski definition) is 2. The largest absolute Gasteiger partial charge is 0.513 e. The molecule has 0 saturated heterocycles. The summed E-state index contributed by atoms with van der Waals surface area (Å²) in [5.41, 5.74) is 8.16. The van der Waals surface area contributed by atoms with Crippen LogP contribution in [0.4, 0.5) is 10.5 Å². The Morgan fingerprint density at radius 1 is 0.968 bits per heavy atom. The van der Waals surface area contributed by atoms with Gasteiger partial charge in [-0.05, 0) is 54.2 Å². The third-order valence-electron chi connectivity index (χ3n) is 4.86. The lowest BCUT2D eigenvalue weighted by atomic mass is 9.94. The van der Waals surface area contributed by atoms with Gasteiger partial charge in [-0.3, -0.25) is 4.79 Å². The number of carbonyl (C=O) groups excluding carboxylic acids is 2. The van der Waals surface area contributed by atoms with Gasteiger partial charge in [-0.15, -0.1) is 0 Å². The molecule has 0 aromatic heterocycles. The van der Waals surface area contributed by atoms with Crippen LogP contribution in [0.1, 0.15) is 57.6 Å². The molecule has 1 atom stereocenters. The molecule has 0 bridgehead atoms. The van der Waals surface area contributed by atoms with Crippen molar-refractivity contribution in [2.45, 2.75) is 52.5 Å². The van der Waals surface area contributed by atoms with Gasteiger partial charge in [-0.2, -0.15) is 0 Å². The molecule has 31 heavy (non-hydrogen) atoms. The van der Waals surface area contributed by atoms with E-state index in [0.717, 1.165) is 11.1 Å². The molecule has 2 aromatic rings. The summed E-state index contributed by atoms with van der Waals surface area (Å²) < 4.78 is 10.9. The molecule has 168 valence electrons. The van der Waals surface area contributed by atoms with Crippen LogP contribution in [0, 0.1) is 0 Å². The number of amides is 1. The van der Waals surface area contributed by atoms with Crippen molar-refractivity contribution in [2.75, 3.05) is 18.1 Å². The maximum absolute atomic E-state index is 12.5. The van der Waals surface area contributed by atoms with Crippen LogP contribution in [0.5, 0.6) is 11.5 Å². The number of rotatable bonds is 8. The molecule has 2 aromatic carbocycles. The molecule has 0 aliphatic carbocycles. The van der Waals surface area contributed by atoms with E-state index in [4.69, 9.17) is 15.2 Å². The number of anilines is 1. The molecule has 0 aliphatic heterocycles. The standard InChI is InChI=1S/C24H32N2O5/c1-15(2)20-7-6-8-21(16(3)4)22(20)31-24(29)30-14-13-26(23(28)17(5)25)18-9-11-19(27)12-10-18/h6-12,15-17,27H,13-14,25H2,1-5H3/t17-/m0/s1. The zero-order valence-corrected chi connectivity index (χ0v) is 18.8. The summed E-state index contributed by atoms with van der Waals surface area (Å²) in [6.45, 7) is 9.75. The van der Waals surface area contributed by atoms with E-state index in [-0.39, 0.29) is 36.6 Å². The van der Waals surface area contributed by atoms with Crippen molar-refractivity contribution < 1.29 is 24.2 Å². The second-order valence-electron chi connectivity index (χ2n) is 8.07. The molecule has 0 unspecified atom stereocenters. The van der Waals surface area contributed by atoms with Gasteiger partial charge in [0.15, 0.2) is 0 Å². The maximum atomic E-state index is 12.5. The Kier molecular flexibility index (Phi) is 8.45. The van der Waals surface area contributed by atoms with Crippen molar-refractivity contribution in [3.05, 3.63) is 53.6 Å². The Labute approximate surface area is 183 Å². The molecule has 2 rings (SSSR count). The van der Waals surface area contributed by atoms with Gasteiger partial charge in [0.05, 0.1) is 12.6 Å². The van der Waals surface area contributed by atoms with Crippen LogP contribution in [0.3, 0.4) is 0 Å². The minimum absolute atomic E-state index is 0.0704. The number of phenolic OH excluding ortho intramolecular Hbond substituents is 1. The molecule has 0 aliphatic rings. The number of nitrogens with zero attached hydrogens (tertiary/aromatic N) is 1. The van der Waals surface area contributed by atoms with E-state index < -0.39 is 12.2 Å². The molecule has 0 spiro atoms. The highest BCUT2D eigenvalue weighted by molar-refractivity contribution is 5.96. The molecule has 7 nitrogen and oxygen atoms in total. The predicted molar refractivity (Wildman–Crippen MR) is 121 cm³/mol. The fourth-order valence-corrected chi connectivity index (χ4v) is 3.18. The number of aromatic hydroxyl groups is 1. The van der Waals surface area contributed by atoms with E-state index in [9.17, 15) is 14.7 Å². The Hall–Kier alpha value is -3.06. The lowest BCUT2D eigenvalue weighted by molar-refractivity contribution is -0.119. The van der Waals surface area contributed by atoms with E-state index in [1.54, 1.807) is 19.1 Å². The van der Waals surface area contributed by atoms with Gasteiger partial charge in [0, 0.05) is 5.69 Å². The first kappa shape index (κ1) is 24.2. The minimum atomic E-state index is -0.825. The lowest BCUT2D eigenvalue weighted by Crippen LogP contribution is -2.44. The molecule has 3 N–H and O–H groups in total. The monoisotopic (exact) mass is 428 g/mol. The van der Waals surface area contributed by atoms with Gasteiger partial charge in [0.25, 0.3) is 0 Å². The predicted octanol–water partition coefficient (Wildman–Crippen LogP) is 4.53. The van der Waals surface area contributed by atoms with Crippen LogP contribution >= 0.6 is 0 Å². The molecular formula is C24H32N2O5. The van der Waals surface area contributed by atoms with Crippen LogP contribution in [0.25, 0.3) is 0 Å². The zero-order chi connectivity index (χ0) is 23.1. The summed E-state index contributed by atoms with van der Waals surface area (Å²) in [5, 5.41) is 9.48. The molecular weight excluding hydrogens is 396 g/mol. The molecule has 0 radical (unpaired) electrons. The van der Waals surface area contributed by atoms with Crippen LogP contribution in [0.2, 0.25) is 0 Å². The van der Waals surface area contributed by atoms with Crippen molar-refractivity contribution in [2.24, 2.45) is 5.73 Å². The summed E-state index contributed by atoms with van der Waals surface area (Å²) >= 11 is 0. The van der Waals surface area contributed by atoms with Crippen LogP contribution < -0.4 is 15.4 Å². The van der Waals surface area contributed by atoms with Gasteiger partial charge in [0.2, 0.25) is 5.91 Å². The van der Waals surface area contributed by atoms with Gasteiger partial charge >= 0.3 is 6.16 Å². The fraction of sp³-hybridized carbons (Fsp3) is 0.417. The van der Waals surface area contributed by atoms with Crippen molar-refractivity contribution in [1.29, 1.82) is 0 Å². The van der Waals surface area contributed by atoms with Crippen molar-refractivity contribution in [3.63, 3.8) is 0 Å². The number of benzene rings is 2. The Bertz CT molecular complexity index is 865. The highest BCUT2D eigenvalue weighted by Gasteiger charge is 2.22. The van der Waals surface area contributed by atoms with Gasteiger partial charge in [-0.25, -0.2) is 4.79 Å². The minimum Gasteiger partial charge on any atom is -0.508 e. The first-order valence-corrected chi connectivity index (χ1v) is 10.4. The highest BCUT2D eigenvalue weighted by atomic mass is 16.7. The third kappa shape index (κ3) is 6.46. The molecule has 7 heteroatoms. The Balaban J connectivity index is 2.09. The van der Waals surface area contributed by atoms with Gasteiger partial charge in [0.1, 0.15) is 18.1 Å². The molecule has 1 amide bonds. The van der Waals surface area contributed by atoms with Crippen LogP contribution in [-0.2, 0) is 9.53 Å². The molecule has 0 saturated carbocycles. The lowest BCUT2D eigenvalue weighted by Gasteiger charge is -2.24. The number of phenols is 1. The second kappa shape index (κ2) is 10.8. The first-order valence-electron chi connectivity index (χ1n) is 10.4. The number of carbonyl (C=O) groups is 2. The van der Waals surface area contributed by atoms with E-state index in [0.29, 0.717) is 11.4 Å². The molecule has 0 heterocycles. The van der Waals surface area contributed by atoms with Crippen LogP contribution in [0.15, 0.2) is 42.5 Å². The SMILES string of the molecule is CC(C)c1cccc(C(C)C)c1OC(=O)OCCN(C(=O)[C@H](C)N)c1ccc(O)cc1. The van der Waals surface area contributed by atoms with Gasteiger partial charge < -0.3 is 25.2 Å². The van der Waals surface area contributed by atoms with Crippen molar-refractivity contribution in [3.8, 4) is 11.5 Å². The second-order valence-corrected chi connectivity index (χ2v) is 8.07. The summed E-state index contributed by atoms with van der Waals surface area (Å²) in [7, 11) is 0. The first-order chi connectivity index (χ1) is 14.6. The number of para-hydroxylation sites is 1. The van der Waals surface area contributed by atoms with E-state index in [2.05, 4.69) is 0 Å². The van der Waals surface area contributed by atoms with E-state index in [1.165, 1.54) is 17.0 Å². The van der Waals surface area contributed by atoms with Crippen LogP contribution in [-0.4, -0.2) is 36.4 Å². The number of ether oxygens (including phenoxy) is 2. The Morgan fingerprint density at radius 3 is 2.00 bits per heavy atom. The maximum Gasteiger partial charge on any atom is 0.513 e. The average molecular weight is 429 g/mol. The summed E-state index contributed by atoms with van der Waals surface area (Å²) in [5.74, 6) is 0.640. The summed E-state index contributed by atoms with van der Waals surface area (Å²) in [6.07, 6.45) is -0.825. The normalized spacial score (nSPS) is 12.0.